The van der Waals surface area contributed by atoms with Gasteiger partial charge in [-0.25, -0.2) is 0 Å². The minimum Gasteiger partial charge on any atom is -0.496 e. The molecule has 0 spiro atoms. The number of ether oxygens (including phenoxy) is 1. The van der Waals surface area contributed by atoms with E-state index in [-0.39, 0.29) is 17.5 Å². The van der Waals surface area contributed by atoms with E-state index < -0.39 is 0 Å². The number of hydrogen-bond donors (Lipinski definition) is 2. The third kappa shape index (κ3) is 3.44. The molecule has 148 valence electrons. The van der Waals surface area contributed by atoms with E-state index in [0.717, 1.165) is 27.4 Å². The summed E-state index contributed by atoms with van der Waals surface area (Å²) in [6, 6.07) is 15.5. The van der Waals surface area contributed by atoms with Crippen LogP contribution in [0.5, 0.6) is 5.75 Å². The molecule has 4 rings (SSSR count). The maximum atomic E-state index is 13.0. The molecule has 5 heteroatoms. The molecule has 0 radical (unpaired) electrons. The molecule has 0 saturated heterocycles. The summed E-state index contributed by atoms with van der Waals surface area (Å²) in [6.45, 7) is 3.77. The van der Waals surface area contributed by atoms with Crippen molar-refractivity contribution in [3.63, 3.8) is 0 Å². The Morgan fingerprint density at radius 2 is 1.76 bits per heavy atom. The lowest BCUT2D eigenvalue weighted by molar-refractivity contribution is 0.0924. The number of rotatable bonds is 7. The topological polar surface area (TPSA) is 75.0 Å². The Morgan fingerprint density at radius 1 is 1.00 bits per heavy atom. The number of Topliss-reactive ketones (excluding diaryl/α,β-unsaturated/α-hetero) is 2. The highest BCUT2D eigenvalue weighted by molar-refractivity contribution is 6.02. The molecule has 0 amide bonds. The smallest absolute Gasteiger partial charge is 0.182 e. The van der Waals surface area contributed by atoms with E-state index in [1.165, 1.54) is 0 Å². The summed E-state index contributed by atoms with van der Waals surface area (Å²) in [5.74, 6) is 0.627. The third-order valence-corrected chi connectivity index (χ3v) is 5.43. The monoisotopic (exact) mass is 388 g/mol. The van der Waals surface area contributed by atoms with Crippen LogP contribution in [0.2, 0.25) is 0 Å². The van der Waals surface area contributed by atoms with Gasteiger partial charge in [0, 0.05) is 34.1 Å². The SMILES string of the molecule is CCC(=O)c1cc2c(OC)c(CC(C)C(=O)c3cc4ccccc4[nH]3)ccc2[nH]1. The fourth-order valence-electron chi connectivity index (χ4n) is 3.86. The number of aromatic amines is 2. The average Bonchev–Trinajstić information content (AvgIpc) is 3.36. The lowest BCUT2D eigenvalue weighted by Crippen LogP contribution is -2.15. The van der Waals surface area contributed by atoms with Crippen molar-refractivity contribution in [2.24, 2.45) is 5.92 Å². The van der Waals surface area contributed by atoms with Crippen molar-refractivity contribution in [2.75, 3.05) is 7.11 Å². The zero-order valence-electron chi connectivity index (χ0n) is 16.8. The van der Waals surface area contributed by atoms with E-state index in [2.05, 4.69) is 9.97 Å². The normalized spacial score (nSPS) is 12.4. The number of carbonyl (C=O) groups is 2. The highest BCUT2D eigenvalue weighted by atomic mass is 16.5. The van der Waals surface area contributed by atoms with Gasteiger partial charge in [0.05, 0.1) is 18.5 Å². The molecule has 5 nitrogen and oxygen atoms in total. The Hall–Kier alpha value is -3.34. The average molecular weight is 388 g/mol. The molecule has 4 aromatic rings. The van der Waals surface area contributed by atoms with Crippen LogP contribution in [0.25, 0.3) is 21.8 Å². The second-order valence-electron chi connectivity index (χ2n) is 7.42. The van der Waals surface area contributed by atoms with E-state index in [4.69, 9.17) is 4.74 Å². The summed E-state index contributed by atoms with van der Waals surface area (Å²) in [7, 11) is 1.62. The highest BCUT2D eigenvalue weighted by Crippen LogP contribution is 2.33. The van der Waals surface area contributed by atoms with Gasteiger partial charge in [0.1, 0.15) is 5.75 Å². The maximum absolute atomic E-state index is 13.0. The fourth-order valence-corrected chi connectivity index (χ4v) is 3.86. The Labute approximate surface area is 169 Å². The van der Waals surface area contributed by atoms with Crippen LogP contribution >= 0.6 is 0 Å². The summed E-state index contributed by atoms with van der Waals surface area (Å²) in [5.41, 5.74) is 3.97. The van der Waals surface area contributed by atoms with Gasteiger partial charge in [0.25, 0.3) is 0 Å². The van der Waals surface area contributed by atoms with Gasteiger partial charge >= 0.3 is 0 Å². The molecule has 2 heterocycles. The van der Waals surface area contributed by atoms with Gasteiger partial charge in [0.15, 0.2) is 11.6 Å². The van der Waals surface area contributed by atoms with Gasteiger partial charge in [-0.1, -0.05) is 38.1 Å². The molecule has 2 aromatic carbocycles. The molecule has 29 heavy (non-hydrogen) atoms. The Kier molecular flexibility index (Phi) is 4.97. The second-order valence-corrected chi connectivity index (χ2v) is 7.42. The van der Waals surface area contributed by atoms with Gasteiger partial charge in [0.2, 0.25) is 0 Å². The number of ketones is 2. The molecular weight excluding hydrogens is 364 g/mol. The fraction of sp³-hybridized carbons (Fsp3) is 0.250. The van der Waals surface area contributed by atoms with E-state index in [0.29, 0.717) is 30.0 Å². The van der Waals surface area contributed by atoms with Crippen molar-refractivity contribution in [1.29, 1.82) is 0 Å². The molecule has 0 aliphatic heterocycles. The number of benzene rings is 2. The largest absolute Gasteiger partial charge is 0.496 e. The van der Waals surface area contributed by atoms with E-state index in [9.17, 15) is 9.59 Å². The van der Waals surface area contributed by atoms with Crippen molar-refractivity contribution in [1.82, 2.24) is 9.97 Å². The number of aromatic nitrogens is 2. The molecule has 0 aliphatic rings. The zero-order chi connectivity index (χ0) is 20.5. The molecule has 2 N–H and O–H groups in total. The lowest BCUT2D eigenvalue weighted by Gasteiger charge is -2.14. The van der Waals surface area contributed by atoms with Gasteiger partial charge in [-0.3, -0.25) is 9.59 Å². The van der Waals surface area contributed by atoms with E-state index >= 15 is 0 Å². The molecule has 0 saturated carbocycles. The minimum atomic E-state index is -0.218. The third-order valence-electron chi connectivity index (χ3n) is 5.43. The Balaban J connectivity index is 1.63. The van der Waals surface area contributed by atoms with Crippen LogP contribution in [0.1, 0.15) is 46.8 Å². The molecule has 0 aliphatic carbocycles. The predicted octanol–water partition coefficient (Wildman–Crippen LogP) is 5.31. The Bertz CT molecular complexity index is 1180. The van der Waals surface area contributed by atoms with Crippen LogP contribution in [-0.2, 0) is 6.42 Å². The van der Waals surface area contributed by atoms with Crippen molar-refractivity contribution < 1.29 is 14.3 Å². The number of para-hydroxylation sites is 1. The van der Waals surface area contributed by atoms with E-state index in [1.807, 2.05) is 62.4 Å². The van der Waals surface area contributed by atoms with Gasteiger partial charge in [-0.2, -0.15) is 0 Å². The molecule has 1 unspecified atom stereocenters. The summed E-state index contributed by atoms with van der Waals surface area (Å²) >= 11 is 0. The first-order valence-corrected chi connectivity index (χ1v) is 9.85. The van der Waals surface area contributed by atoms with Crippen LogP contribution in [0.15, 0.2) is 48.5 Å². The van der Waals surface area contributed by atoms with Crippen molar-refractivity contribution in [3.05, 3.63) is 65.5 Å². The van der Waals surface area contributed by atoms with E-state index in [1.54, 1.807) is 7.11 Å². The number of hydrogen-bond acceptors (Lipinski definition) is 3. The number of fused-ring (bicyclic) bond motifs is 2. The van der Waals surface area contributed by atoms with Gasteiger partial charge < -0.3 is 14.7 Å². The lowest BCUT2D eigenvalue weighted by atomic mass is 9.94. The molecule has 0 bridgehead atoms. The summed E-state index contributed by atoms with van der Waals surface area (Å²) in [6.07, 6.45) is 0.994. The molecule has 2 aromatic heterocycles. The summed E-state index contributed by atoms with van der Waals surface area (Å²) in [5, 5.41) is 1.90. The maximum Gasteiger partial charge on any atom is 0.182 e. The van der Waals surface area contributed by atoms with Crippen LogP contribution in [0.4, 0.5) is 0 Å². The number of methoxy groups -OCH3 is 1. The second kappa shape index (κ2) is 7.59. The minimum absolute atomic E-state index is 0.0622. The number of nitrogens with one attached hydrogen (secondary N) is 2. The van der Waals surface area contributed by atoms with Crippen LogP contribution < -0.4 is 4.74 Å². The van der Waals surface area contributed by atoms with Crippen molar-refractivity contribution in [2.45, 2.75) is 26.7 Å². The first-order valence-electron chi connectivity index (χ1n) is 9.85. The number of carbonyl (C=O) groups excluding carboxylic acids is 2. The number of H-pyrrole nitrogens is 2. The standard InChI is InChI=1S/C24H24N2O3/c1-4-22(27)20-13-17-19(26-20)10-9-16(24(17)29-3)11-14(2)23(28)21-12-15-7-5-6-8-18(15)25-21/h5-10,12-14,25-26H,4,11H2,1-3H3. The predicted molar refractivity (Wildman–Crippen MR) is 115 cm³/mol. The first kappa shape index (κ1) is 19.0. The summed E-state index contributed by atoms with van der Waals surface area (Å²) < 4.78 is 5.67. The molecular formula is C24H24N2O3. The van der Waals surface area contributed by atoms with Gasteiger partial charge in [-0.15, -0.1) is 0 Å². The Morgan fingerprint density at radius 3 is 2.48 bits per heavy atom. The molecule has 1 atom stereocenters. The molecule has 0 fully saturated rings. The van der Waals surface area contributed by atoms with Crippen LogP contribution in [0, 0.1) is 5.92 Å². The first-order chi connectivity index (χ1) is 14.0. The van der Waals surface area contributed by atoms with Crippen LogP contribution in [0.3, 0.4) is 0 Å². The van der Waals surface area contributed by atoms with Crippen molar-refractivity contribution >= 4 is 33.4 Å². The highest BCUT2D eigenvalue weighted by Gasteiger charge is 2.21. The van der Waals surface area contributed by atoms with Crippen LogP contribution in [-0.4, -0.2) is 28.6 Å². The zero-order valence-corrected chi connectivity index (χ0v) is 16.8. The summed E-state index contributed by atoms with van der Waals surface area (Å²) in [4.78, 5) is 31.4. The quantitative estimate of drug-likeness (QED) is 0.421. The van der Waals surface area contributed by atoms with Crippen molar-refractivity contribution in [3.8, 4) is 5.75 Å². The van der Waals surface area contributed by atoms with Gasteiger partial charge in [-0.05, 0) is 36.2 Å².